The molecular formula is C22H25ClF3N3OS. The quantitative estimate of drug-likeness (QED) is 0.391. The Balaban J connectivity index is 0.00000341. The summed E-state index contributed by atoms with van der Waals surface area (Å²) in [7, 11) is 2.09. The summed E-state index contributed by atoms with van der Waals surface area (Å²) >= 11 is 0.937. The summed E-state index contributed by atoms with van der Waals surface area (Å²) < 4.78 is 49.8. The number of benzene rings is 2. The van der Waals surface area contributed by atoms with Crippen LogP contribution in [0.25, 0.3) is 11.4 Å². The number of rotatable bonds is 7. The highest BCUT2D eigenvalue weighted by Gasteiger charge is 2.34. The van der Waals surface area contributed by atoms with Gasteiger partial charge in [-0.1, -0.05) is 31.2 Å². The summed E-state index contributed by atoms with van der Waals surface area (Å²) in [6, 6.07) is 9.32. The first-order valence-corrected chi connectivity index (χ1v) is 10.4. The van der Waals surface area contributed by atoms with Crippen LogP contribution in [-0.4, -0.2) is 34.4 Å². The van der Waals surface area contributed by atoms with Gasteiger partial charge in [-0.05, 0) is 62.7 Å². The number of nitrogens with zero attached hydrogens (tertiary/aromatic N) is 3. The van der Waals surface area contributed by atoms with E-state index in [0.29, 0.717) is 5.75 Å². The largest absolute Gasteiger partial charge is 0.430 e. The van der Waals surface area contributed by atoms with Crippen molar-refractivity contribution in [2.24, 2.45) is 0 Å². The summed E-state index contributed by atoms with van der Waals surface area (Å²) in [6.45, 7) is 8.06. The highest BCUT2D eigenvalue weighted by atomic mass is 35.5. The van der Waals surface area contributed by atoms with Crippen molar-refractivity contribution in [1.29, 1.82) is 0 Å². The summed E-state index contributed by atoms with van der Waals surface area (Å²) in [6.07, 6.45) is -3.53. The molecule has 3 rings (SSSR count). The van der Waals surface area contributed by atoms with Crippen LogP contribution in [0.15, 0.2) is 36.4 Å². The van der Waals surface area contributed by atoms with Gasteiger partial charge in [-0.3, -0.25) is 0 Å². The maximum absolute atomic E-state index is 13.3. The van der Waals surface area contributed by atoms with E-state index >= 15 is 0 Å². The zero-order chi connectivity index (χ0) is 21.9. The van der Waals surface area contributed by atoms with Crippen LogP contribution in [0.4, 0.5) is 13.2 Å². The number of halogens is 4. The van der Waals surface area contributed by atoms with E-state index in [4.69, 9.17) is 4.74 Å². The lowest BCUT2D eigenvalue weighted by Crippen LogP contribution is -2.20. The zero-order valence-electron chi connectivity index (χ0n) is 17.8. The number of aromatic nitrogens is 2. The van der Waals surface area contributed by atoms with Gasteiger partial charge in [0, 0.05) is 23.6 Å². The van der Waals surface area contributed by atoms with Crippen molar-refractivity contribution >= 4 is 23.9 Å². The molecule has 0 amide bonds. The summed E-state index contributed by atoms with van der Waals surface area (Å²) in [5, 5.41) is 0.211. The molecule has 0 saturated carbocycles. The average molecular weight is 472 g/mol. The Morgan fingerprint density at radius 2 is 1.81 bits per heavy atom. The lowest BCUT2D eigenvalue weighted by Gasteiger charge is -2.16. The minimum absolute atomic E-state index is 0. The molecular weight excluding hydrogens is 447 g/mol. The smallest absolute Gasteiger partial charge is 0.417 e. The van der Waals surface area contributed by atoms with Gasteiger partial charge >= 0.3 is 6.18 Å². The van der Waals surface area contributed by atoms with Gasteiger partial charge < -0.3 is 9.64 Å². The van der Waals surface area contributed by atoms with Crippen LogP contribution in [0.2, 0.25) is 0 Å². The first-order valence-electron chi connectivity index (χ1n) is 9.66. The molecule has 31 heavy (non-hydrogen) atoms. The molecule has 0 radical (unpaired) electrons. The number of hydrogen-bond donors (Lipinski definition) is 0. The van der Waals surface area contributed by atoms with Crippen LogP contribution in [0.1, 0.15) is 29.2 Å². The molecule has 168 valence electrons. The molecule has 0 N–H and O–H groups in total. The summed E-state index contributed by atoms with van der Waals surface area (Å²) in [4.78, 5) is 6.44. The minimum Gasteiger partial charge on any atom is -0.430 e. The van der Waals surface area contributed by atoms with Gasteiger partial charge in [-0.25, -0.2) is 0 Å². The average Bonchev–Trinajstić information content (AvgIpc) is 3.17. The molecule has 1 heterocycles. The van der Waals surface area contributed by atoms with Crippen molar-refractivity contribution in [3.8, 4) is 22.3 Å². The van der Waals surface area contributed by atoms with Crippen LogP contribution in [0.3, 0.4) is 0 Å². The molecule has 1 aromatic heterocycles. The fraction of sp³-hybridized carbons (Fsp3) is 0.364. The molecule has 0 fully saturated rings. The molecule has 0 atom stereocenters. The van der Waals surface area contributed by atoms with E-state index in [9.17, 15) is 13.2 Å². The van der Waals surface area contributed by atoms with Crippen LogP contribution in [0.5, 0.6) is 10.9 Å². The van der Waals surface area contributed by atoms with E-state index in [1.54, 1.807) is 0 Å². The standard InChI is InChI=1S/C22H24F3N3OS.ClH/c1-5-28(4)11-10-16-12-15(3)19(13-14(16)2)29-21-26-20(27-30-21)17-8-6-7-9-18(17)22(23,24)25;/h6-9,12-13H,5,10-11H2,1-4H3;1H. The van der Waals surface area contributed by atoms with Crippen LogP contribution in [-0.2, 0) is 12.6 Å². The fourth-order valence-electron chi connectivity index (χ4n) is 3.08. The molecule has 4 nitrogen and oxygen atoms in total. The Labute approximate surface area is 190 Å². The van der Waals surface area contributed by atoms with Crippen molar-refractivity contribution in [3.63, 3.8) is 0 Å². The maximum Gasteiger partial charge on any atom is 0.417 e. The normalized spacial score (nSPS) is 11.5. The van der Waals surface area contributed by atoms with Crippen LogP contribution >= 0.6 is 23.9 Å². The third-order valence-electron chi connectivity index (χ3n) is 5.01. The minimum atomic E-state index is -4.47. The maximum atomic E-state index is 13.3. The van der Waals surface area contributed by atoms with E-state index in [0.717, 1.165) is 48.2 Å². The van der Waals surface area contributed by atoms with Crippen molar-refractivity contribution < 1.29 is 17.9 Å². The number of aryl methyl sites for hydroxylation is 2. The van der Waals surface area contributed by atoms with Gasteiger partial charge in [0.05, 0.1) is 5.56 Å². The molecule has 0 aliphatic rings. The highest BCUT2D eigenvalue weighted by Crippen LogP contribution is 2.37. The summed E-state index contributed by atoms with van der Waals surface area (Å²) in [5.74, 6) is 0.642. The van der Waals surface area contributed by atoms with E-state index in [1.807, 2.05) is 19.9 Å². The third-order valence-corrected chi connectivity index (χ3v) is 5.61. The lowest BCUT2D eigenvalue weighted by molar-refractivity contribution is -0.137. The second kappa shape index (κ2) is 10.4. The number of ether oxygens (including phenoxy) is 1. The summed E-state index contributed by atoms with van der Waals surface area (Å²) in [5.41, 5.74) is 2.48. The van der Waals surface area contributed by atoms with Gasteiger partial charge in [0.15, 0.2) is 5.82 Å². The van der Waals surface area contributed by atoms with Crippen molar-refractivity contribution in [2.75, 3.05) is 20.1 Å². The Morgan fingerprint density at radius 3 is 2.48 bits per heavy atom. The monoisotopic (exact) mass is 471 g/mol. The fourth-order valence-corrected chi connectivity index (χ4v) is 3.64. The predicted octanol–water partition coefficient (Wildman–Crippen LogP) is 6.55. The molecule has 3 aromatic rings. The van der Waals surface area contributed by atoms with Crippen LogP contribution < -0.4 is 4.74 Å². The van der Waals surface area contributed by atoms with Crippen molar-refractivity contribution in [2.45, 2.75) is 33.4 Å². The van der Waals surface area contributed by atoms with Crippen LogP contribution in [0, 0.1) is 13.8 Å². The number of hydrogen-bond acceptors (Lipinski definition) is 5. The third kappa shape index (κ3) is 6.18. The molecule has 0 aliphatic carbocycles. The molecule has 0 unspecified atom stereocenters. The first kappa shape index (κ1) is 25.1. The molecule has 9 heteroatoms. The molecule has 0 aliphatic heterocycles. The second-order valence-corrected chi connectivity index (χ2v) is 7.93. The second-order valence-electron chi connectivity index (χ2n) is 7.22. The molecule has 0 spiro atoms. The number of likely N-dealkylation sites (N-methyl/N-ethyl adjacent to an activating group) is 1. The van der Waals surface area contributed by atoms with Crippen molar-refractivity contribution in [1.82, 2.24) is 14.3 Å². The van der Waals surface area contributed by atoms with E-state index in [1.165, 1.54) is 23.8 Å². The number of alkyl halides is 3. The predicted molar refractivity (Wildman–Crippen MR) is 120 cm³/mol. The lowest BCUT2D eigenvalue weighted by atomic mass is 10.0. The Kier molecular flexibility index (Phi) is 8.45. The molecule has 2 aromatic carbocycles. The van der Waals surface area contributed by atoms with Gasteiger partial charge in [0.1, 0.15) is 5.75 Å². The topological polar surface area (TPSA) is 38.2 Å². The van der Waals surface area contributed by atoms with E-state index in [-0.39, 0.29) is 29.0 Å². The SMILES string of the molecule is CCN(C)CCc1cc(C)c(Oc2nc(-c3ccccc3C(F)(F)F)ns2)cc1C.Cl. The Bertz CT molecular complexity index is 1020. The van der Waals surface area contributed by atoms with Gasteiger partial charge in [0.25, 0.3) is 5.19 Å². The molecule has 0 saturated heterocycles. The zero-order valence-corrected chi connectivity index (χ0v) is 19.4. The Morgan fingerprint density at radius 1 is 1.10 bits per heavy atom. The first-order chi connectivity index (χ1) is 14.2. The van der Waals surface area contributed by atoms with E-state index in [2.05, 4.69) is 34.3 Å². The van der Waals surface area contributed by atoms with Crippen molar-refractivity contribution in [3.05, 3.63) is 58.7 Å². The highest BCUT2D eigenvalue weighted by molar-refractivity contribution is 7.07. The van der Waals surface area contributed by atoms with Gasteiger partial charge in [-0.15, -0.1) is 12.4 Å². The Hall–Kier alpha value is -2.16. The molecule has 0 bridgehead atoms. The van der Waals surface area contributed by atoms with Gasteiger partial charge in [-0.2, -0.15) is 22.5 Å². The van der Waals surface area contributed by atoms with Gasteiger partial charge in [0.2, 0.25) is 0 Å². The van der Waals surface area contributed by atoms with E-state index < -0.39 is 11.7 Å².